The molecule has 0 bridgehead atoms. The van der Waals surface area contributed by atoms with Crippen molar-refractivity contribution >= 4 is 0 Å². The van der Waals surface area contributed by atoms with Crippen LogP contribution in [0.1, 0.15) is 30.9 Å². The summed E-state index contributed by atoms with van der Waals surface area (Å²) < 4.78 is 13.5. The van der Waals surface area contributed by atoms with Crippen LogP contribution in [0.15, 0.2) is 42.5 Å². The van der Waals surface area contributed by atoms with Gasteiger partial charge in [-0.3, -0.25) is 0 Å². The van der Waals surface area contributed by atoms with Crippen LogP contribution in [-0.4, -0.2) is 7.05 Å². The highest BCUT2D eigenvalue weighted by Crippen LogP contribution is 2.26. The first-order valence-corrected chi connectivity index (χ1v) is 6.65. The van der Waals surface area contributed by atoms with E-state index in [1.54, 1.807) is 6.07 Å². The van der Waals surface area contributed by atoms with E-state index >= 15 is 0 Å². The molecule has 2 rings (SSSR count). The van der Waals surface area contributed by atoms with Crippen molar-refractivity contribution in [3.63, 3.8) is 0 Å². The quantitative estimate of drug-likeness (QED) is 0.859. The zero-order valence-corrected chi connectivity index (χ0v) is 11.7. The Hall–Kier alpha value is -1.67. The average molecular weight is 257 g/mol. The van der Waals surface area contributed by atoms with Crippen LogP contribution in [0, 0.1) is 5.82 Å². The van der Waals surface area contributed by atoms with E-state index in [1.807, 2.05) is 13.1 Å². The van der Waals surface area contributed by atoms with Crippen molar-refractivity contribution in [1.29, 1.82) is 0 Å². The SMILES string of the molecule is CNCc1ccc(F)cc1-c1ccc(C(C)C)cc1. The van der Waals surface area contributed by atoms with Crippen LogP contribution < -0.4 is 5.32 Å². The lowest BCUT2D eigenvalue weighted by Crippen LogP contribution is -2.06. The molecule has 0 saturated heterocycles. The minimum Gasteiger partial charge on any atom is -0.316 e. The molecule has 0 aliphatic rings. The maximum Gasteiger partial charge on any atom is 0.123 e. The van der Waals surface area contributed by atoms with Gasteiger partial charge >= 0.3 is 0 Å². The standard InChI is InChI=1S/C17H20FN/c1-12(2)13-4-6-14(7-5-13)17-10-16(18)9-8-15(17)11-19-3/h4-10,12,19H,11H2,1-3H3. The van der Waals surface area contributed by atoms with E-state index in [9.17, 15) is 4.39 Å². The van der Waals surface area contributed by atoms with Crippen molar-refractivity contribution in [3.8, 4) is 11.1 Å². The second-order valence-electron chi connectivity index (χ2n) is 5.11. The van der Waals surface area contributed by atoms with E-state index in [2.05, 4.69) is 43.4 Å². The topological polar surface area (TPSA) is 12.0 Å². The number of rotatable bonds is 4. The fourth-order valence-electron chi connectivity index (χ4n) is 2.21. The summed E-state index contributed by atoms with van der Waals surface area (Å²) in [5.41, 5.74) is 4.44. The molecule has 19 heavy (non-hydrogen) atoms. The summed E-state index contributed by atoms with van der Waals surface area (Å²) in [4.78, 5) is 0. The van der Waals surface area contributed by atoms with E-state index < -0.39 is 0 Å². The molecule has 0 aliphatic carbocycles. The molecule has 0 aromatic heterocycles. The zero-order chi connectivity index (χ0) is 13.8. The van der Waals surface area contributed by atoms with Gasteiger partial charge in [0.1, 0.15) is 5.82 Å². The first-order chi connectivity index (χ1) is 9.11. The van der Waals surface area contributed by atoms with Crippen LogP contribution in [0.4, 0.5) is 4.39 Å². The molecular formula is C17H20FN. The Balaban J connectivity index is 2.42. The Kier molecular flexibility index (Phi) is 4.33. The fraction of sp³-hybridized carbons (Fsp3) is 0.294. The minimum absolute atomic E-state index is 0.192. The molecule has 1 nitrogen and oxygen atoms in total. The third kappa shape index (κ3) is 3.21. The van der Waals surface area contributed by atoms with E-state index in [0.717, 1.165) is 23.2 Å². The smallest absolute Gasteiger partial charge is 0.123 e. The Morgan fingerprint density at radius 2 is 1.74 bits per heavy atom. The van der Waals surface area contributed by atoms with Gasteiger partial charge in [0.25, 0.3) is 0 Å². The number of nitrogens with one attached hydrogen (secondary N) is 1. The largest absolute Gasteiger partial charge is 0.316 e. The van der Waals surface area contributed by atoms with Gasteiger partial charge in [-0.25, -0.2) is 4.39 Å². The zero-order valence-electron chi connectivity index (χ0n) is 11.7. The summed E-state index contributed by atoms with van der Waals surface area (Å²) in [7, 11) is 1.90. The molecule has 0 saturated carbocycles. The number of hydrogen-bond donors (Lipinski definition) is 1. The second-order valence-corrected chi connectivity index (χ2v) is 5.11. The van der Waals surface area contributed by atoms with Crippen molar-refractivity contribution in [1.82, 2.24) is 5.32 Å². The van der Waals surface area contributed by atoms with E-state index in [0.29, 0.717) is 5.92 Å². The number of halogens is 1. The summed E-state index contributed by atoms with van der Waals surface area (Å²) >= 11 is 0. The maximum atomic E-state index is 13.5. The highest BCUT2D eigenvalue weighted by Gasteiger charge is 2.07. The highest BCUT2D eigenvalue weighted by atomic mass is 19.1. The second kappa shape index (κ2) is 5.98. The molecule has 0 spiro atoms. The van der Waals surface area contributed by atoms with E-state index in [4.69, 9.17) is 0 Å². The third-order valence-electron chi connectivity index (χ3n) is 3.33. The molecule has 2 aromatic carbocycles. The first-order valence-electron chi connectivity index (χ1n) is 6.65. The molecule has 1 N–H and O–H groups in total. The molecule has 0 aliphatic heterocycles. The van der Waals surface area contributed by atoms with Gasteiger partial charge < -0.3 is 5.32 Å². The van der Waals surface area contributed by atoms with Crippen molar-refractivity contribution in [3.05, 3.63) is 59.4 Å². The highest BCUT2D eigenvalue weighted by molar-refractivity contribution is 5.67. The maximum absolute atomic E-state index is 13.5. The average Bonchev–Trinajstić information content (AvgIpc) is 2.41. The van der Waals surface area contributed by atoms with Crippen LogP contribution in [0.3, 0.4) is 0 Å². The van der Waals surface area contributed by atoms with Gasteiger partial charge in [0.15, 0.2) is 0 Å². The lowest BCUT2D eigenvalue weighted by molar-refractivity contribution is 0.627. The van der Waals surface area contributed by atoms with Crippen molar-refractivity contribution in [2.75, 3.05) is 7.05 Å². The van der Waals surface area contributed by atoms with Crippen LogP contribution in [0.5, 0.6) is 0 Å². The number of benzene rings is 2. The van der Waals surface area contributed by atoms with Gasteiger partial charge in [-0.1, -0.05) is 44.2 Å². The summed E-state index contributed by atoms with van der Waals surface area (Å²) in [6, 6.07) is 13.3. The lowest BCUT2D eigenvalue weighted by atomic mass is 9.96. The predicted molar refractivity (Wildman–Crippen MR) is 78.7 cm³/mol. The molecule has 2 heteroatoms. The Bertz CT molecular complexity index is 544. The molecule has 0 unspecified atom stereocenters. The molecule has 0 heterocycles. The van der Waals surface area contributed by atoms with E-state index in [1.165, 1.54) is 11.6 Å². The summed E-state index contributed by atoms with van der Waals surface area (Å²) in [6.45, 7) is 5.08. The van der Waals surface area contributed by atoms with Gasteiger partial charge in [0.2, 0.25) is 0 Å². The van der Waals surface area contributed by atoms with Crippen molar-refractivity contribution in [2.24, 2.45) is 0 Å². The molecule has 0 radical (unpaired) electrons. The van der Waals surface area contributed by atoms with Crippen molar-refractivity contribution < 1.29 is 4.39 Å². The summed E-state index contributed by atoms with van der Waals surface area (Å²) in [5.74, 6) is 0.320. The Morgan fingerprint density at radius 3 is 2.32 bits per heavy atom. The Morgan fingerprint density at radius 1 is 1.05 bits per heavy atom. The molecule has 0 amide bonds. The molecule has 0 atom stereocenters. The monoisotopic (exact) mass is 257 g/mol. The Labute approximate surface area is 114 Å². The predicted octanol–water partition coefficient (Wildman–Crippen LogP) is 4.34. The third-order valence-corrected chi connectivity index (χ3v) is 3.33. The first kappa shape index (κ1) is 13.8. The molecule has 100 valence electrons. The van der Waals surface area contributed by atoms with Gasteiger partial charge in [-0.15, -0.1) is 0 Å². The molecule has 0 fully saturated rings. The van der Waals surface area contributed by atoms with Crippen LogP contribution in [0.2, 0.25) is 0 Å². The van der Waals surface area contributed by atoms with Gasteiger partial charge in [-0.05, 0) is 47.4 Å². The minimum atomic E-state index is -0.192. The fourth-order valence-corrected chi connectivity index (χ4v) is 2.21. The van der Waals surface area contributed by atoms with Gasteiger partial charge in [0.05, 0.1) is 0 Å². The van der Waals surface area contributed by atoms with Crippen LogP contribution in [-0.2, 0) is 6.54 Å². The van der Waals surface area contributed by atoms with E-state index in [-0.39, 0.29) is 5.82 Å². The van der Waals surface area contributed by atoms with Crippen LogP contribution >= 0.6 is 0 Å². The summed E-state index contributed by atoms with van der Waals surface area (Å²) in [5, 5.41) is 3.12. The van der Waals surface area contributed by atoms with Crippen LogP contribution in [0.25, 0.3) is 11.1 Å². The lowest BCUT2D eigenvalue weighted by Gasteiger charge is -2.11. The van der Waals surface area contributed by atoms with Crippen molar-refractivity contribution in [2.45, 2.75) is 26.3 Å². The normalized spacial score (nSPS) is 11.0. The number of hydrogen-bond acceptors (Lipinski definition) is 1. The summed E-state index contributed by atoms with van der Waals surface area (Å²) in [6.07, 6.45) is 0. The molecule has 2 aromatic rings. The van der Waals surface area contributed by atoms with Gasteiger partial charge in [0, 0.05) is 6.54 Å². The molecular weight excluding hydrogens is 237 g/mol. The van der Waals surface area contributed by atoms with Gasteiger partial charge in [-0.2, -0.15) is 0 Å².